The molecular weight excluding hydrogens is 507 g/mol. The standard InChI is InChI=1S/C22H38N6O2.HI/c1-16(2)18(27-21(29)30-22(3,4)5)15-25-20(23-6)26-17-10-13-28(14-11-17)19-9-7-8-12-24-19;/h7-9,12,16-18H,10-11,13-15H2,1-6H3,(H,27,29)(H2,23,25,26);1H. The van der Waals surface area contributed by atoms with Crippen molar-refractivity contribution in [3.05, 3.63) is 24.4 Å². The number of piperidine rings is 1. The van der Waals surface area contributed by atoms with Gasteiger partial charge in [0, 0.05) is 38.9 Å². The van der Waals surface area contributed by atoms with Crippen LogP contribution in [0.5, 0.6) is 0 Å². The van der Waals surface area contributed by atoms with Crippen LogP contribution < -0.4 is 20.9 Å². The summed E-state index contributed by atoms with van der Waals surface area (Å²) in [6.07, 6.45) is 3.47. The monoisotopic (exact) mass is 546 g/mol. The number of aromatic nitrogens is 1. The number of ether oxygens (including phenoxy) is 1. The van der Waals surface area contributed by atoms with Crippen LogP contribution in [0.3, 0.4) is 0 Å². The van der Waals surface area contributed by atoms with E-state index in [0.717, 1.165) is 37.7 Å². The minimum Gasteiger partial charge on any atom is -0.444 e. The maximum atomic E-state index is 12.1. The van der Waals surface area contributed by atoms with E-state index in [1.807, 2.05) is 39.1 Å². The molecule has 0 bridgehead atoms. The van der Waals surface area contributed by atoms with Gasteiger partial charge in [-0.05, 0) is 51.7 Å². The Morgan fingerprint density at radius 1 is 1.29 bits per heavy atom. The minimum atomic E-state index is -0.513. The van der Waals surface area contributed by atoms with Crippen LogP contribution >= 0.6 is 24.0 Å². The number of alkyl carbamates (subject to hydrolysis) is 1. The molecular formula is C22H39IN6O2. The van der Waals surface area contributed by atoms with Gasteiger partial charge < -0.3 is 25.6 Å². The van der Waals surface area contributed by atoms with Crippen LogP contribution in [0.25, 0.3) is 0 Å². The number of hydrogen-bond acceptors (Lipinski definition) is 5. The van der Waals surface area contributed by atoms with E-state index in [-0.39, 0.29) is 35.9 Å². The van der Waals surface area contributed by atoms with Gasteiger partial charge in [-0.1, -0.05) is 19.9 Å². The molecule has 9 heteroatoms. The average molecular weight is 546 g/mol. The van der Waals surface area contributed by atoms with Gasteiger partial charge in [0.1, 0.15) is 11.4 Å². The van der Waals surface area contributed by atoms with Gasteiger partial charge in [-0.3, -0.25) is 4.99 Å². The number of amides is 1. The van der Waals surface area contributed by atoms with E-state index in [0.29, 0.717) is 12.6 Å². The second-order valence-electron chi connectivity index (χ2n) is 9.04. The Balaban J connectivity index is 0.00000480. The van der Waals surface area contributed by atoms with Crippen LogP contribution in [0.1, 0.15) is 47.5 Å². The van der Waals surface area contributed by atoms with Gasteiger partial charge in [-0.25, -0.2) is 9.78 Å². The van der Waals surface area contributed by atoms with Gasteiger partial charge >= 0.3 is 6.09 Å². The second kappa shape index (κ2) is 12.9. The van der Waals surface area contributed by atoms with Crippen molar-refractivity contribution in [3.63, 3.8) is 0 Å². The molecule has 1 atom stereocenters. The molecule has 176 valence electrons. The molecule has 0 radical (unpaired) electrons. The summed E-state index contributed by atoms with van der Waals surface area (Å²) in [5.74, 6) is 2.04. The highest BCUT2D eigenvalue weighted by atomic mass is 127. The molecule has 1 unspecified atom stereocenters. The lowest BCUT2D eigenvalue weighted by molar-refractivity contribution is 0.0491. The molecule has 1 saturated heterocycles. The summed E-state index contributed by atoms with van der Waals surface area (Å²) in [5.41, 5.74) is -0.513. The predicted octanol–water partition coefficient (Wildman–Crippen LogP) is 3.38. The van der Waals surface area contributed by atoms with Gasteiger partial charge in [0.2, 0.25) is 0 Å². The lowest BCUT2D eigenvalue weighted by Crippen LogP contribution is -2.53. The minimum absolute atomic E-state index is 0. The Labute approximate surface area is 204 Å². The molecule has 1 fully saturated rings. The van der Waals surface area contributed by atoms with Crippen LogP contribution in [0.4, 0.5) is 10.6 Å². The smallest absolute Gasteiger partial charge is 0.407 e. The highest BCUT2D eigenvalue weighted by Gasteiger charge is 2.23. The Morgan fingerprint density at radius 3 is 2.48 bits per heavy atom. The summed E-state index contributed by atoms with van der Waals surface area (Å²) in [6.45, 7) is 12.2. The lowest BCUT2D eigenvalue weighted by atomic mass is 10.0. The van der Waals surface area contributed by atoms with Crippen molar-refractivity contribution < 1.29 is 9.53 Å². The summed E-state index contributed by atoms with van der Waals surface area (Å²) in [4.78, 5) is 23.2. The van der Waals surface area contributed by atoms with E-state index in [1.165, 1.54) is 0 Å². The molecule has 1 aromatic rings. The van der Waals surface area contributed by atoms with E-state index < -0.39 is 11.7 Å². The first-order valence-electron chi connectivity index (χ1n) is 10.8. The summed E-state index contributed by atoms with van der Waals surface area (Å²) in [5, 5.41) is 9.82. The molecule has 2 rings (SSSR count). The molecule has 31 heavy (non-hydrogen) atoms. The van der Waals surface area contributed by atoms with Crippen molar-refractivity contribution in [2.75, 3.05) is 31.6 Å². The maximum Gasteiger partial charge on any atom is 0.407 e. The summed E-state index contributed by atoms with van der Waals surface area (Å²) in [7, 11) is 1.77. The lowest BCUT2D eigenvalue weighted by Gasteiger charge is -2.34. The Morgan fingerprint density at radius 2 is 1.97 bits per heavy atom. The van der Waals surface area contributed by atoms with E-state index in [1.54, 1.807) is 7.05 Å². The number of nitrogens with zero attached hydrogens (tertiary/aromatic N) is 3. The van der Waals surface area contributed by atoms with Crippen molar-refractivity contribution in [1.82, 2.24) is 20.9 Å². The molecule has 1 aliphatic heterocycles. The fraction of sp³-hybridized carbons (Fsp3) is 0.682. The van der Waals surface area contributed by atoms with Crippen LogP contribution in [-0.2, 0) is 4.74 Å². The molecule has 8 nitrogen and oxygen atoms in total. The molecule has 0 aromatic carbocycles. The number of carbonyl (C=O) groups excluding carboxylic acids is 1. The Bertz CT molecular complexity index is 685. The van der Waals surface area contributed by atoms with E-state index in [2.05, 4.69) is 50.7 Å². The SMILES string of the molecule is CN=C(NCC(NC(=O)OC(C)(C)C)C(C)C)NC1CCN(c2ccccn2)CC1.I. The molecule has 0 aliphatic carbocycles. The highest BCUT2D eigenvalue weighted by Crippen LogP contribution is 2.17. The maximum absolute atomic E-state index is 12.1. The summed E-state index contributed by atoms with van der Waals surface area (Å²) < 4.78 is 5.39. The van der Waals surface area contributed by atoms with Crippen molar-refractivity contribution in [1.29, 1.82) is 0 Å². The number of nitrogens with one attached hydrogen (secondary N) is 3. The van der Waals surface area contributed by atoms with Crippen molar-refractivity contribution >= 4 is 41.8 Å². The first kappa shape index (κ1) is 27.3. The fourth-order valence-corrected chi connectivity index (χ4v) is 3.30. The van der Waals surface area contributed by atoms with E-state index >= 15 is 0 Å². The van der Waals surface area contributed by atoms with Crippen LogP contribution in [0.15, 0.2) is 29.4 Å². The van der Waals surface area contributed by atoms with Crippen molar-refractivity contribution in [3.8, 4) is 0 Å². The predicted molar refractivity (Wildman–Crippen MR) is 137 cm³/mol. The Hall–Kier alpha value is -1.78. The molecule has 0 spiro atoms. The number of anilines is 1. The number of hydrogen-bond donors (Lipinski definition) is 3. The topological polar surface area (TPSA) is 90.9 Å². The average Bonchev–Trinajstić information content (AvgIpc) is 2.69. The summed E-state index contributed by atoms with van der Waals surface area (Å²) >= 11 is 0. The number of rotatable bonds is 6. The molecule has 1 aromatic heterocycles. The van der Waals surface area contributed by atoms with Gasteiger partial charge in [0.05, 0.1) is 6.04 Å². The summed E-state index contributed by atoms with van der Waals surface area (Å²) in [6, 6.07) is 6.31. The largest absolute Gasteiger partial charge is 0.444 e. The van der Waals surface area contributed by atoms with Gasteiger partial charge in [-0.15, -0.1) is 24.0 Å². The highest BCUT2D eigenvalue weighted by molar-refractivity contribution is 14.0. The fourth-order valence-electron chi connectivity index (χ4n) is 3.30. The zero-order valence-corrected chi connectivity index (χ0v) is 22.0. The van der Waals surface area contributed by atoms with Gasteiger partial charge in [0.25, 0.3) is 0 Å². The van der Waals surface area contributed by atoms with Crippen molar-refractivity contribution in [2.45, 2.75) is 65.1 Å². The first-order valence-corrected chi connectivity index (χ1v) is 10.8. The molecule has 2 heterocycles. The Kier molecular flexibility index (Phi) is 11.4. The van der Waals surface area contributed by atoms with Gasteiger partial charge in [0.15, 0.2) is 5.96 Å². The van der Waals surface area contributed by atoms with E-state index in [4.69, 9.17) is 4.74 Å². The molecule has 1 aliphatic rings. The number of aliphatic imine (C=N–C) groups is 1. The number of pyridine rings is 1. The number of guanidine groups is 1. The first-order chi connectivity index (χ1) is 14.2. The zero-order chi connectivity index (χ0) is 22.1. The van der Waals surface area contributed by atoms with Crippen LogP contribution in [-0.4, -0.2) is 61.4 Å². The van der Waals surface area contributed by atoms with Gasteiger partial charge in [-0.2, -0.15) is 0 Å². The zero-order valence-electron chi connectivity index (χ0n) is 19.6. The third kappa shape index (κ3) is 9.92. The second-order valence-corrected chi connectivity index (χ2v) is 9.04. The number of carbonyl (C=O) groups is 1. The molecule has 1 amide bonds. The number of halogens is 1. The van der Waals surface area contributed by atoms with Crippen molar-refractivity contribution in [2.24, 2.45) is 10.9 Å². The molecule has 3 N–H and O–H groups in total. The third-order valence-corrected chi connectivity index (χ3v) is 5.03. The van der Waals surface area contributed by atoms with E-state index in [9.17, 15) is 4.79 Å². The third-order valence-electron chi connectivity index (χ3n) is 5.03. The van der Waals surface area contributed by atoms with Crippen LogP contribution in [0, 0.1) is 5.92 Å². The van der Waals surface area contributed by atoms with Crippen LogP contribution in [0.2, 0.25) is 0 Å². The quantitative estimate of drug-likeness (QED) is 0.288. The normalized spacial score (nSPS) is 16.4. The molecule has 0 saturated carbocycles.